The summed E-state index contributed by atoms with van der Waals surface area (Å²) in [5, 5.41) is 19.8. The molecule has 0 amide bonds. The Morgan fingerprint density at radius 2 is 2.29 bits per heavy atom. The number of halogens is 1. The molecule has 0 bridgehead atoms. The number of rotatable bonds is 3. The number of carboxylic acids is 1. The molecule has 0 heterocycles. The van der Waals surface area contributed by atoms with Crippen molar-refractivity contribution >= 4 is 21.9 Å². The van der Waals surface area contributed by atoms with Gasteiger partial charge < -0.3 is 19.7 Å². The average molecular weight is 260 g/mol. The zero-order valence-electron chi connectivity index (χ0n) is 7.41. The Hall–Kier alpha value is -1.23. The van der Waals surface area contributed by atoms with Crippen LogP contribution in [0.2, 0.25) is 0 Å². The van der Waals surface area contributed by atoms with Gasteiger partial charge in [-0.1, -0.05) is 0 Å². The molecule has 0 fully saturated rings. The molecule has 0 aliphatic carbocycles. The third kappa shape index (κ3) is 2.38. The van der Waals surface area contributed by atoms with Crippen LogP contribution >= 0.6 is 15.9 Å². The normalized spacial score (nSPS) is 9.86. The Morgan fingerprint density at radius 1 is 1.64 bits per heavy atom. The highest BCUT2D eigenvalue weighted by Gasteiger charge is 2.08. The molecule has 0 atom stereocenters. The Labute approximate surface area is 89.3 Å². The van der Waals surface area contributed by atoms with E-state index in [1.165, 1.54) is 19.2 Å². The molecule has 1 N–H and O–H groups in total. The SMILES string of the molecule is COc1cc(CC(=O)[O-])cc(Br)c1O. The van der Waals surface area contributed by atoms with Crippen molar-refractivity contribution in [3.63, 3.8) is 0 Å². The smallest absolute Gasteiger partial charge is 0.172 e. The highest BCUT2D eigenvalue weighted by Crippen LogP contribution is 2.35. The summed E-state index contributed by atoms with van der Waals surface area (Å²) >= 11 is 3.08. The van der Waals surface area contributed by atoms with E-state index in [2.05, 4.69) is 15.9 Å². The fraction of sp³-hybridized carbons (Fsp3) is 0.222. The molecule has 76 valence electrons. The molecule has 1 rings (SSSR count). The minimum Gasteiger partial charge on any atom is -0.550 e. The topological polar surface area (TPSA) is 69.6 Å². The van der Waals surface area contributed by atoms with Gasteiger partial charge in [0.25, 0.3) is 0 Å². The zero-order chi connectivity index (χ0) is 10.7. The van der Waals surface area contributed by atoms with Gasteiger partial charge in [0.1, 0.15) is 0 Å². The average Bonchev–Trinajstić information content (AvgIpc) is 2.10. The van der Waals surface area contributed by atoms with Crippen LogP contribution in [0.25, 0.3) is 0 Å². The van der Waals surface area contributed by atoms with Crippen molar-refractivity contribution in [2.45, 2.75) is 6.42 Å². The van der Waals surface area contributed by atoms with E-state index < -0.39 is 5.97 Å². The van der Waals surface area contributed by atoms with Crippen LogP contribution in [-0.4, -0.2) is 18.2 Å². The summed E-state index contributed by atoms with van der Waals surface area (Å²) in [5.74, 6) is -0.991. The summed E-state index contributed by atoms with van der Waals surface area (Å²) in [6.45, 7) is 0. The van der Waals surface area contributed by atoms with Gasteiger partial charge in [0.2, 0.25) is 0 Å². The maximum Gasteiger partial charge on any atom is 0.172 e. The summed E-state index contributed by atoms with van der Waals surface area (Å²) in [4.78, 5) is 10.3. The standard InChI is InChI=1S/C9H9BrO4/c1-14-7-3-5(4-8(11)12)2-6(10)9(7)13/h2-3,13H,4H2,1H3,(H,11,12)/p-1. The number of hydrogen-bond acceptors (Lipinski definition) is 4. The van der Waals surface area contributed by atoms with Gasteiger partial charge >= 0.3 is 0 Å². The fourth-order valence-corrected chi connectivity index (χ4v) is 1.54. The monoisotopic (exact) mass is 259 g/mol. The van der Waals surface area contributed by atoms with Crippen LogP contribution < -0.4 is 9.84 Å². The molecule has 0 unspecified atom stereocenters. The fourth-order valence-electron chi connectivity index (χ4n) is 1.05. The molecule has 14 heavy (non-hydrogen) atoms. The number of carboxylic acid groups (broad SMARTS) is 1. The van der Waals surface area contributed by atoms with Crippen LogP contribution in [0, 0.1) is 0 Å². The molecule has 0 aliphatic heterocycles. The molecular formula is C9H8BrO4-. The second-order valence-corrected chi connectivity index (χ2v) is 3.53. The maximum atomic E-state index is 10.3. The van der Waals surface area contributed by atoms with Crippen molar-refractivity contribution in [1.82, 2.24) is 0 Å². The number of carbonyl (C=O) groups is 1. The molecule has 0 saturated heterocycles. The van der Waals surface area contributed by atoms with Gasteiger partial charge in [0.15, 0.2) is 11.5 Å². The van der Waals surface area contributed by atoms with Crippen molar-refractivity contribution in [3.05, 3.63) is 22.2 Å². The Kier molecular flexibility index (Phi) is 3.35. The summed E-state index contributed by atoms with van der Waals surface area (Å²) in [6.07, 6.45) is -0.213. The van der Waals surface area contributed by atoms with Crippen molar-refractivity contribution in [3.8, 4) is 11.5 Å². The molecule has 5 heteroatoms. The number of carbonyl (C=O) groups excluding carboxylic acids is 1. The van der Waals surface area contributed by atoms with Gasteiger partial charge in [-0.2, -0.15) is 0 Å². The number of phenolic OH excluding ortho intramolecular Hbond substituents is 1. The first-order chi connectivity index (χ1) is 6.54. The van der Waals surface area contributed by atoms with Gasteiger partial charge in [0.05, 0.1) is 11.6 Å². The number of phenols is 1. The van der Waals surface area contributed by atoms with Crippen molar-refractivity contribution in [1.29, 1.82) is 0 Å². The van der Waals surface area contributed by atoms with Gasteiger partial charge in [-0.3, -0.25) is 0 Å². The lowest BCUT2D eigenvalue weighted by Gasteiger charge is -2.09. The molecular weight excluding hydrogens is 252 g/mol. The van der Waals surface area contributed by atoms with Crippen LogP contribution in [0.15, 0.2) is 16.6 Å². The lowest BCUT2D eigenvalue weighted by atomic mass is 10.1. The van der Waals surface area contributed by atoms with E-state index in [9.17, 15) is 15.0 Å². The van der Waals surface area contributed by atoms with E-state index in [1.807, 2.05) is 0 Å². The highest BCUT2D eigenvalue weighted by atomic mass is 79.9. The predicted molar refractivity (Wildman–Crippen MR) is 51.1 cm³/mol. The van der Waals surface area contributed by atoms with Crippen molar-refractivity contribution < 1.29 is 19.7 Å². The molecule has 4 nitrogen and oxygen atoms in total. The Bertz CT molecular complexity index is 362. The molecule has 1 aromatic rings. The third-order valence-corrected chi connectivity index (χ3v) is 2.26. The maximum absolute atomic E-state index is 10.3. The molecule has 0 radical (unpaired) electrons. The van der Waals surface area contributed by atoms with E-state index in [4.69, 9.17) is 4.74 Å². The molecule has 1 aromatic carbocycles. The number of hydrogen-bond donors (Lipinski definition) is 1. The second-order valence-electron chi connectivity index (χ2n) is 2.68. The van der Waals surface area contributed by atoms with Crippen molar-refractivity contribution in [2.24, 2.45) is 0 Å². The van der Waals surface area contributed by atoms with Crippen LogP contribution in [0.1, 0.15) is 5.56 Å². The number of methoxy groups -OCH3 is 1. The van der Waals surface area contributed by atoms with Gasteiger partial charge in [0, 0.05) is 12.4 Å². The zero-order valence-corrected chi connectivity index (χ0v) is 9.00. The predicted octanol–water partition coefficient (Wildman–Crippen LogP) is 0.456. The number of aromatic hydroxyl groups is 1. The summed E-state index contributed by atoms with van der Waals surface area (Å²) in [6, 6.07) is 2.96. The van der Waals surface area contributed by atoms with Crippen LogP contribution in [0.4, 0.5) is 0 Å². The van der Waals surface area contributed by atoms with Crippen LogP contribution in [0.5, 0.6) is 11.5 Å². The first kappa shape index (κ1) is 10.8. The molecule has 0 aliphatic rings. The molecule has 0 spiro atoms. The molecule has 0 saturated carbocycles. The summed E-state index contributed by atoms with van der Waals surface area (Å²) in [5.41, 5.74) is 0.506. The highest BCUT2D eigenvalue weighted by molar-refractivity contribution is 9.10. The van der Waals surface area contributed by atoms with E-state index in [0.29, 0.717) is 10.0 Å². The second kappa shape index (κ2) is 4.32. The van der Waals surface area contributed by atoms with Crippen LogP contribution in [0.3, 0.4) is 0 Å². The first-order valence-electron chi connectivity index (χ1n) is 3.80. The van der Waals surface area contributed by atoms with Crippen LogP contribution in [-0.2, 0) is 11.2 Å². The van der Waals surface area contributed by atoms with E-state index in [-0.39, 0.29) is 17.9 Å². The van der Waals surface area contributed by atoms with E-state index in [1.54, 1.807) is 0 Å². The van der Waals surface area contributed by atoms with E-state index in [0.717, 1.165) is 0 Å². The molecule has 0 aromatic heterocycles. The minimum atomic E-state index is -1.18. The van der Waals surface area contributed by atoms with E-state index >= 15 is 0 Å². The number of benzene rings is 1. The summed E-state index contributed by atoms with van der Waals surface area (Å²) < 4.78 is 5.25. The van der Waals surface area contributed by atoms with Gasteiger partial charge in [-0.05, 0) is 33.6 Å². The quantitative estimate of drug-likeness (QED) is 0.856. The summed E-state index contributed by atoms with van der Waals surface area (Å²) in [7, 11) is 1.39. The Morgan fingerprint density at radius 3 is 2.79 bits per heavy atom. The minimum absolute atomic E-state index is 0.0467. The lowest BCUT2D eigenvalue weighted by Crippen LogP contribution is -2.24. The lowest BCUT2D eigenvalue weighted by molar-refractivity contribution is -0.304. The van der Waals surface area contributed by atoms with Gasteiger partial charge in [-0.15, -0.1) is 0 Å². The van der Waals surface area contributed by atoms with Crippen molar-refractivity contribution in [2.75, 3.05) is 7.11 Å². The first-order valence-corrected chi connectivity index (χ1v) is 4.59. The third-order valence-electron chi connectivity index (χ3n) is 1.66. The van der Waals surface area contributed by atoms with Gasteiger partial charge in [-0.25, -0.2) is 0 Å². The largest absolute Gasteiger partial charge is 0.550 e. The number of aliphatic carboxylic acids is 1. The Balaban J connectivity index is 3.09. The number of ether oxygens (including phenoxy) is 1.